The number of carbonyl (C=O) groups excluding carboxylic acids is 1. The van der Waals surface area contributed by atoms with E-state index in [0.717, 1.165) is 6.42 Å². The lowest BCUT2D eigenvalue weighted by molar-refractivity contribution is 0.0845. The Morgan fingerprint density at radius 3 is 2.53 bits per heavy atom. The number of carbonyl (C=O) groups is 2. The maximum absolute atomic E-state index is 12.1. The first-order chi connectivity index (χ1) is 8.09. The molecular formula is C12H12ClNO3. The van der Waals surface area contributed by atoms with Crippen LogP contribution >= 0.6 is 11.6 Å². The van der Waals surface area contributed by atoms with Crippen molar-refractivity contribution in [2.75, 3.05) is 6.54 Å². The van der Waals surface area contributed by atoms with Crippen molar-refractivity contribution in [3.8, 4) is 0 Å². The summed E-state index contributed by atoms with van der Waals surface area (Å²) in [6, 6.07) is 5.98. The molecule has 5 heteroatoms. The minimum atomic E-state index is -1.03. The highest BCUT2D eigenvalue weighted by molar-refractivity contribution is 6.30. The molecule has 0 saturated carbocycles. The molecular weight excluding hydrogens is 242 g/mol. The topological polar surface area (TPSA) is 57.6 Å². The van der Waals surface area contributed by atoms with Crippen molar-refractivity contribution >= 4 is 23.5 Å². The highest BCUT2D eigenvalue weighted by Gasteiger charge is 2.34. The average Bonchev–Trinajstić information content (AvgIpc) is 2.78. The van der Waals surface area contributed by atoms with Crippen LogP contribution in [0.25, 0.3) is 0 Å². The third kappa shape index (κ3) is 2.42. The Morgan fingerprint density at radius 2 is 1.94 bits per heavy atom. The van der Waals surface area contributed by atoms with E-state index >= 15 is 0 Å². The van der Waals surface area contributed by atoms with E-state index in [2.05, 4.69) is 0 Å². The van der Waals surface area contributed by atoms with Crippen LogP contribution in [0.1, 0.15) is 23.2 Å². The number of amides is 1. The second kappa shape index (κ2) is 4.75. The number of benzene rings is 1. The van der Waals surface area contributed by atoms with Gasteiger partial charge in [0.05, 0.1) is 6.04 Å². The average molecular weight is 254 g/mol. The van der Waals surface area contributed by atoms with Gasteiger partial charge in [-0.3, -0.25) is 9.69 Å². The zero-order chi connectivity index (χ0) is 12.4. The fourth-order valence-electron chi connectivity index (χ4n) is 2.07. The van der Waals surface area contributed by atoms with E-state index in [1.807, 2.05) is 0 Å². The van der Waals surface area contributed by atoms with E-state index in [9.17, 15) is 9.59 Å². The number of Topliss-reactive ketones (excluding diaryl/α,β-unsaturated/α-hetero) is 1. The quantitative estimate of drug-likeness (QED) is 0.825. The third-order valence-corrected chi connectivity index (χ3v) is 3.18. The number of hydrogen-bond donors (Lipinski definition) is 1. The molecule has 2 rings (SSSR count). The van der Waals surface area contributed by atoms with Crippen molar-refractivity contribution in [3.05, 3.63) is 34.9 Å². The molecule has 1 aliphatic heterocycles. The molecule has 0 bridgehead atoms. The summed E-state index contributed by atoms with van der Waals surface area (Å²) >= 11 is 5.74. The Labute approximate surface area is 104 Å². The molecule has 1 N–H and O–H groups in total. The second-order valence-corrected chi connectivity index (χ2v) is 4.44. The third-order valence-electron chi connectivity index (χ3n) is 2.93. The van der Waals surface area contributed by atoms with Gasteiger partial charge in [-0.1, -0.05) is 11.6 Å². The van der Waals surface area contributed by atoms with Crippen molar-refractivity contribution in [1.29, 1.82) is 0 Å². The van der Waals surface area contributed by atoms with Crippen molar-refractivity contribution in [2.45, 2.75) is 18.9 Å². The first kappa shape index (κ1) is 11.9. The lowest BCUT2D eigenvalue weighted by Crippen LogP contribution is -2.39. The molecule has 1 heterocycles. The molecule has 1 aromatic rings. The van der Waals surface area contributed by atoms with E-state index in [1.165, 1.54) is 4.90 Å². The summed E-state index contributed by atoms with van der Waals surface area (Å²) in [5.74, 6) is -0.151. The summed E-state index contributed by atoms with van der Waals surface area (Å²) in [7, 11) is 0. The Morgan fingerprint density at radius 1 is 1.29 bits per heavy atom. The van der Waals surface area contributed by atoms with Crippen LogP contribution in [0.15, 0.2) is 24.3 Å². The largest absolute Gasteiger partial charge is 0.465 e. The van der Waals surface area contributed by atoms with Crippen LogP contribution in [0.4, 0.5) is 4.79 Å². The zero-order valence-corrected chi connectivity index (χ0v) is 9.85. The molecule has 0 aromatic heterocycles. The minimum absolute atomic E-state index is 0.151. The van der Waals surface area contributed by atoms with Gasteiger partial charge in [-0.05, 0) is 37.1 Å². The van der Waals surface area contributed by atoms with Crippen LogP contribution in [0.5, 0.6) is 0 Å². The number of nitrogens with zero attached hydrogens (tertiary/aromatic N) is 1. The zero-order valence-electron chi connectivity index (χ0n) is 9.10. The number of likely N-dealkylation sites (tertiary alicyclic amines) is 1. The van der Waals surface area contributed by atoms with Gasteiger partial charge in [0, 0.05) is 17.1 Å². The van der Waals surface area contributed by atoms with Gasteiger partial charge in [0.2, 0.25) is 0 Å². The Kier molecular flexibility index (Phi) is 3.33. The van der Waals surface area contributed by atoms with E-state index in [1.54, 1.807) is 24.3 Å². The van der Waals surface area contributed by atoms with Gasteiger partial charge in [0.15, 0.2) is 5.78 Å². The SMILES string of the molecule is O=C(c1ccc(Cl)cc1)[C@H]1CCCN1C(=O)O. The van der Waals surface area contributed by atoms with Gasteiger partial charge in [0.1, 0.15) is 0 Å². The summed E-state index contributed by atoms with van der Waals surface area (Å²) in [5.41, 5.74) is 0.507. The molecule has 0 radical (unpaired) electrons. The molecule has 90 valence electrons. The Balaban J connectivity index is 2.19. The van der Waals surface area contributed by atoms with Gasteiger partial charge in [-0.2, -0.15) is 0 Å². The van der Waals surface area contributed by atoms with Crippen LogP contribution in [-0.4, -0.2) is 34.5 Å². The molecule has 1 saturated heterocycles. The maximum Gasteiger partial charge on any atom is 0.407 e. The lowest BCUT2D eigenvalue weighted by Gasteiger charge is -2.20. The molecule has 1 amide bonds. The predicted octanol–water partition coefficient (Wildman–Crippen LogP) is 2.67. The number of rotatable bonds is 2. The number of hydrogen-bond acceptors (Lipinski definition) is 2. The first-order valence-corrected chi connectivity index (χ1v) is 5.77. The number of halogens is 1. The highest BCUT2D eigenvalue weighted by atomic mass is 35.5. The highest BCUT2D eigenvalue weighted by Crippen LogP contribution is 2.22. The summed E-state index contributed by atoms with van der Waals surface area (Å²) < 4.78 is 0. The smallest absolute Gasteiger partial charge is 0.407 e. The minimum Gasteiger partial charge on any atom is -0.465 e. The molecule has 0 unspecified atom stereocenters. The van der Waals surface area contributed by atoms with Gasteiger partial charge >= 0.3 is 6.09 Å². The molecule has 4 nitrogen and oxygen atoms in total. The van der Waals surface area contributed by atoms with E-state index < -0.39 is 12.1 Å². The molecule has 1 aromatic carbocycles. The summed E-state index contributed by atoms with van der Waals surface area (Å²) in [5, 5.41) is 9.53. The summed E-state index contributed by atoms with van der Waals surface area (Å²) in [6.07, 6.45) is 0.291. The summed E-state index contributed by atoms with van der Waals surface area (Å²) in [6.45, 7) is 0.430. The van der Waals surface area contributed by atoms with Crippen LogP contribution in [0.3, 0.4) is 0 Å². The van der Waals surface area contributed by atoms with Crippen LogP contribution < -0.4 is 0 Å². The molecule has 1 aliphatic rings. The fourth-order valence-corrected chi connectivity index (χ4v) is 2.20. The monoisotopic (exact) mass is 253 g/mol. The summed E-state index contributed by atoms with van der Waals surface area (Å²) in [4.78, 5) is 24.3. The van der Waals surface area contributed by atoms with E-state index in [4.69, 9.17) is 16.7 Å². The van der Waals surface area contributed by atoms with Gasteiger partial charge in [-0.25, -0.2) is 4.79 Å². The molecule has 17 heavy (non-hydrogen) atoms. The fraction of sp³-hybridized carbons (Fsp3) is 0.333. The van der Waals surface area contributed by atoms with Gasteiger partial charge in [0.25, 0.3) is 0 Å². The number of ketones is 1. The predicted molar refractivity (Wildman–Crippen MR) is 63.5 cm³/mol. The van der Waals surface area contributed by atoms with Gasteiger partial charge in [-0.15, -0.1) is 0 Å². The molecule has 0 spiro atoms. The Bertz CT molecular complexity index is 444. The normalized spacial score (nSPS) is 19.4. The van der Waals surface area contributed by atoms with Crippen molar-refractivity contribution in [3.63, 3.8) is 0 Å². The first-order valence-electron chi connectivity index (χ1n) is 5.39. The van der Waals surface area contributed by atoms with Crippen molar-refractivity contribution in [2.24, 2.45) is 0 Å². The second-order valence-electron chi connectivity index (χ2n) is 4.01. The maximum atomic E-state index is 12.1. The molecule has 1 atom stereocenters. The lowest BCUT2D eigenvalue weighted by atomic mass is 10.0. The van der Waals surface area contributed by atoms with Crippen molar-refractivity contribution < 1.29 is 14.7 Å². The van der Waals surface area contributed by atoms with Gasteiger partial charge < -0.3 is 5.11 Å². The molecule has 1 fully saturated rings. The Hall–Kier alpha value is -1.55. The standard InChI is InChI=1S/C12H12ClNO3/c13-9-5-3-8(4-6-9)11(15)10-2-1-7-14(10)12(16)17/h3-6,10H,1-2,7H2,(H,16,17)/t10-/m1/s1. The molecule has 0 aliphatic carbocycles. The number of carboxylic acid groups (broad SMARTS) is 1. The van der Waals surface area contributed by atoms with Crippen LogP contribution in [0, 0.1) is 0 Å². The van der Waals surface area contributed by atoms with E-state index in [0.29, 0.717) is 23.6 Å². The van der Waals surface area contributed by atoms with E-state index in [-0.39, 0.29) is 5.78 Å². The van der Waals surface area contributed by atoms with Crippen LogP contribution in [0.2, 0.25) is 5.02 Å². The van der Waals surface area contributed by atoms with Crippen molar-refractivity contribution in [1.82, 2.24) is 4.90 Å². The van der Waals surface area contributed by atoms with Crippen LogP contribution in [-0.2, 0) is 0 Å².